The molecule has 1 N–H and O–H groups in total. The molecule has 1 aromatic carbocycles. The van der Waals surface area contributed by atoms with Crippen LogP contribution in [0.25, 0.3) is 5.69 Å². The number of nitrogens with zero attached hydrogens (tertiary/aromatic N) is 5. The topological polar surface area (TPSA) is 94.7 Å². The third-order valence-corrected chi connectivity index (χ3v) is 4.81. The van der Waals surface area contributed by atoms with Crippen molar-refractivity contribution in [3.05, 3.63) is 48.9 Å². The second-order valence-corrected chi connectivity index (χ2v) is 7.29. The molecule has 9 heteroatoms. The fourth-order valence-electron chi connectivity index (χ4n) is 2.21. The van der Waals surface area contributed by atoms with Crippen molar-refractivity contribution in [2.75, 3.05) is 4.72 Å². The largest absolute Gasteiger partial charge is 0.334 e. The minimum absolute atomic E-state index is 0.0120. The molecule has 2 aromatic heterocycles. The maximum absolute atomic E-state index is 12.5. The molecule has 0 saturated carbocycles. The third-order valence-electron chi connectivity index (χ3n) is 3.54. The first-order chi connectivity index (χ1) is 11.4. The Kier molecular flexibility index (Phi) is 4.10. The van der Waals surface area contributed by atoms with E-state index in [1.54, 1.807) is 33.7 Å². The summed E-state index contributed by atoms with van der Waals surface area (Å²) in [4.78, 5) is 3.98. The molecule has 0 fully saturated rings. The molecule has 3 aromatic rings. The van der Waals surface area contributed by atoms with Gasteiger partial charge >= 0.3 is 0 Å². The first-order valence-electron chi connectivity index (χ1n) is 7.40. The van der Waals surface area contributed by atoms with Gasteiger partial charge in [0.05, 0.1) is 17.7 Å². The zero-order chi connectivity index (χ0) is 17.3. The van der Waals surface area contributed by atoms with Crippen molar-refractivity contribution in [2.45, 2.75) is 31.8 Å². The molecule has 0 amide bonds. The molecule has 126 valence electrons. The lowest BCUT2D eigenvalue weighted by atomic mass is 10.3. The summed E-state index contributed by atoms with van der Waals surface area (Å²) in [5, 5.41) is 7.74. The Morgan fingerprint density at radius 1 is 1.21 bits per heavy atom. The molecule has 0 aliphatic heterocycles. The average molecular weight is 346 g/mol. The molecule has 0 radical (unpaired) electrons. The highest BCUT2D eigenvalue weighted by Crippen LogP contribution is 2.19. The Morgan fingerprint density at radius 3 is 2.62 bits per heavy atom. The van der Waals surface area contributed by atoms with E-state index >= 15 is 0 Å². The first kappa shape index (κ1) is 16.2. The smallest absolute Gasteiger partial charge is 0.280 e. The van der Waals surface area contributed by atoms with E-state index in [9.17, 15) is 8.42 Å². The van der Waals surface area contributed by atoms with E-state index in [4.69, 9.17) is 0 Å². The monoisotopic (exact) mass is 346 g/mol. The zero-order valence-corrected chi connectivity index (χ0v) is 14.4. The molecule has 0 saturated heterocycles. The molecule has 24 heavy (non-hydrogen) atoms. The van der Waals surface area contributed by atoms with Gasteiger partial charge in [-0.05, 0) is 39.0 Å². The lowest BCUT2D eigenvalue weighted by Gasteiger charge is -2.09. The average Bonchev–Trinajstić information content (AvgIpc) is 3.16. The summed E-state index contributed by atoms with van der Waals surface area (Å²) in [5.74, 6) is 0.714. The van der Waals surface area contributed by atoms with E-state index in [2.05, 4.69) is 19.9 Å². The molecule has 0 atom stereocenters. The Labute approximate surface area is 140 Å². The number of hydrogen-bond donors (Lipinski definition) is 1. The van der Waals surface area contributed by atoms with Gasteiger partial charge in [-0.1, -0.05) is 6.07 Å². The molecule has 3 rings (SSSR count). The fourth-order valence-corrected chi connectivity index (χ4v) is 3.20. The SMILES string of the molecule is Cc1nncn1-c1cccc(NS(=O)(=O)c2cn(C(C)C)cn2)c1. The standard InChI is InChI=1S/C15H18N6O2S/c1-11(2)20-8-15(16-9-20)24(22,23)19-13-5-4-6-14(7-13)21-10-17-18-12(21)3/h4-11,19H,1-3H3. The maximum atomic E-state index is 12.5. The van der Waals surface area contributed by atoms with Crippen LogP contribution in [0.3, 0.4) is 0 Å². The normalized spacial score (nSPS) is 11.8. The van der Waals surface area contributed by atoms with E-state index in [0.29, 0.717) is 11.5 Å². The minimum Gasteiger partial charge on any atom is -0.334 e. The van der Waals surface area contributed by atoms with Gasteiger partial charge in [0.1, 0.15) is 12.2 Å². The third kappa shape index (κ3) is 3.16. The van der Waals surface area contributed by atoms with Gasteiger partial charge in [-0.15, -0.1) is 10.2 Å². The summed E-state index contributed by atoms with van der Waals surface area (Å²) in [6, 6.07) is 7.15. The van der Waals surface area contributed by atoms with Crippen LogP contribution >= 0.6 is 0 Å². The Balaban J connectivity index is 1.89. The molecule has 2 heterocycles. The van der Waals surface area contributed by atoms with Gasteiger partial charge in [-0.2, -0.15) is 8.42 Å². The quantitative estimate of drug-likeness (QED) is 0.764. The summed E-state index contributed by atoms with van der Waals surface area (Å²) < 4.78 is 31.0. The number of sulfonamides is 1. The number of aryl methyl sites for hydroxylation is 1. The Hall–Kier alpha value is -2.68. The van der Waals surface area contributed by atoms with Crippen LogP contribution in [-0.4, -0.2) is 32.7 Å². The van der Waals surface area contributed by atoms with Crippen LogP contribution in [0.15, 0.2) is 48.1 Å². The second-order valence-electron chi connectivity index (χ2n) is 5.66. The van der Waals surface area contributed by atoms with E-state index < -0.39 is 10.0 Å². The molecule has 0 unspecified atom stereocenters. The number of benzene rings is 1. The minimum atomic E-state index is -3.74. The zero-order valence-electron chi connectivity index (χ0n) is 13.6. The van der Waals surface area contributed by atoms with Crippen molar-refractivity contribution in [3.63, 3.8) is 0 Å². The number of hydrogen-bond acceptors (Lipinski definition) is 5. The van der Waals surface area contributed by atoms with Crippen LogP contribution in [-0.2, 0) is 10.0 Å². The summed E-state index contributed by atoms with van der Waals surface area (Å²) in [5.41, 5.74) is 1.21. The predicted molar refractivity (Wildman–Crippen MR) is 89.5 cm³/mol. The Morgan fingerprint density at radius 2 is 2.00 bits per heavy atom. The van der Waals surface area contributed by atoms with Crippen LogP contribution in [0.2, 0.25) is 0 Å². The van der Waals surface area contributed by atoms with Crippen molar-refractivity contribution < 1.29 is 8.42 Å². The van der Waals surface area contributed by atoms with Gasteiger partial charge in [0.25, 0.3) is 10.0 Å². The highest BCUT2D eigenvalue weighted by Gasteiger charge is 2.18. The molecular weight excluding hydrogens is 328 g/mol. The number of aromatic nitrogens is 5. The number of imidazole rings is 1. The van der Waals surface area contributed by atoms with Crippen LogP contribution < -0.4 is 4.72 Å². The fraction of sp³-hybridized carbons (Fsp3) is 0.267. The van der Waals surface area contributed by atoms with Crippen molar-refractivity contribution in [1.29, 1.82) is 0 Å². The van der Waals surface area contributed by atoms with Gasteiger partial charge in [0, 0.05) is 12.2 Å². The first-order valence-corrected chi connectivity index (χ1v) is 8.88. The van der Waals surface area contributed by atoms with Gasteiger partial charge < -0.3 is 4.57 Å². The molecule has 0 aliphatic rings. The van der Waals surface area contributed by atoms with E-state index in [1.165, 1.54) is 12.5 Å². The van der Waals surface area contributed by atoms with Gasteiger partial charge in [-0.3, -0.25) is 9.29 Å². The van der Waals surface area contributed by atoms with Gasteiger partial charge in [0.15, 0.2) is 5.03 Å². The van der Waals surface area contributed by atoms with Crippen LogP contribution in [0.4, 0.5) is 5.69 Å². The highest BCUT2D eigenvalue weighted by molar-refractivity contribution is 7.92. The summed E-state index contributed by atoms with van der Waals surface area (Å²) in [6.45, 7) is 5.73. The van der Waals surface area contributed by atoms with Gasteiger partial charge in [0.2, 0.25) is 0 Å². The number of rotatable bonds is 5. The lowest BCUT2D eigenvalue weighted by molar-refractivity contribution is 0.591. The van der Waals surface area contributed by atoms with E-state index in [0.717, 1.165) is 5.69 Å². The molecular formula is C15H18N6O2S. The van der Waals surface area contributed by atoms with Crippen molar-refractivity contribution in [2.24, 2.45) is 0 Å². The van der Waals surface area contributed by atoms with Crippen molar-refractivity contribution in [3.8, 4) is 5.69 Å². The van der Waals surface area contributed by atoms with Gasteiger partial charge in [-0.25, -0.2) is 4.98 Å². The molecule has 8 nitrogen and oxygen atoms in total. The second kappa shape index (κ2) is 6.08. The van der Waals surface area contributed by atoms with Crippen molar-refractivity contribution >= 4 is 15.7 Å². The molecule has 0 aliphatic carbocycles. The van der Waals surface area contributed by atoms with Crippen LogP contribution in [0, 0.1) is 6.92 Å². The summed E-state index contributed by atoms with van der Waals surface area (Å²) in [6.07, 6.45) is 4.60. The summed E-state index contributed by atoms with van der Waals surface area (Å²) >= 11 is 0. The highest BCUT2D eigenvalue weighted by atomic mass is 32.2. The van der Waals surface area contributed by atoms with E-state index in [-0.39, 0.29) is 11.1 Å². The maximum Gasteiger partial charge on any atom is 0.280 e. The van der Waals surface area contributed by atoms with Crippen LogP contribution in [0.5, 0.6) is 0 Å². The summed E-state index contributed by atoms with van der Waals surface area (Å²) in [7, 11) is -3.74. The lowest BCUT2D eigenvalue weighted by Crippen LogP contribution is -2.13. The van der Waals surface area contributed by atoms with E-state index in [1.807, 2.05) is 26.8 Å². The number of nitrogens with one attached hydrogen (secondary N) is 1. The number of anilines is 1. The predicted octanol–water partition coefficient (Wildman–Crippen LogP) is 2.15. The van der Waals surface area contributed by atoms with Crippen LogP contribution in [0.1, 0.15) is 25.7 Å². The molecule has 0 bridgehead atoms. The van der Waals surface area contributed by atoms with Crippen molar-refractivity contribution in [1.82, 2.24) is 24.3 Å². The Bertz CT molecular complexity index is 958. The molecule has 0 spiro atoms.